The van der Waals surface area contributed by atoms with Crippen LogP contribution in [0.25, 0.3) is 0 Å². The van der Waals surface area contributed by atoms with Crippen LogP contribution in [0.4, 0.5) is 11.4 Å². The van der Waals surface area contributed by atoms with Crippen molar-refractivity contribution in [2.24, 2.45) is 0 Å². The largest absolute Gasteiger partial charge is 0.484 e. The summed E-state index contributed by atoms with van der Waals surface area (Å²) in [6.07, 6.45) is 0.734. The lowest BCUT2D eigenvalue weighted by molar-refractivity contribution is -0.394. The number of piperidine rings is 1. The summed E-state index contributed by atoms with van der Waals surface area (Å²) in [6, 6.07) is 4.89. The molecule has 0 atom stereocenters. The van der Waals surface area contributed by atoms with E-state index in [-0.39, 0.29) is 47.2 Å². The maximum absolute atomic E-state index is 13.1. The third kappa shape index (κ3) is 4.11. The molecule has 1 fully saturated rings. The molecule has 0 saturated carbocycles. The number of likely N-dealkylation sites (tertiary alicyclic amines) is 1. The number of carbonyl (C=O) groups excluding carboxylic acids is 2. The van der Waals surface area contributed by atoms with Gasteiger partial charge in [-0.1, -0.05) is 23.2 Å². The van der Waals surface area contributed by atoms with Gasteiger partial charge in [-0.2, -0.15) is 0 Å². The Hall–Kier alpha value is -3.24. The van der Waals surface area contributed by atoms with Crippen LogP contribution < -0.4 is 4.74 Å². The molecule has 0 N–H and O–H groups in total. The fraction of sp³-hybridized carbons (Fsp3) is 0.333. The highest BCUT2D eigenvalue weighted by atomic mass is 35.5. The molecule has 1 saturated heterocycles. The molecule has 2 heterocycles. The van der Waals surface area contributed by atoms with Gasteiger partial charge in [0.2, 0.25) is 0 Å². The van der Waals surface area contributed by atoms with Crippen molar-refractivity contribution >= 4 is 46.3 Å². The second-order valence-electron chi connectivity index (χ2n) is 8.09. The summed E-state index contributed by atoms with van der Waals surface area (Å²) in [5.41, 5.74) is -1.60. The van der Waals surface area contributed by atoms with Gasteiger partial charge in [-0.25, -0.2) is 0 Å². The zero-order chi connectivity index (χ0) is 24.1. The summed E-state index contributed by atoms with van der Waals surface area (Å²) in [5, 5.41) is 23.1. The molecular weight excluding hydrogens is 477 g/mol. The molecule has 1 amide bonds. The van der Waals surface area contributed by atoms with Crippen LogP contribution in [0.15, 0.2) is 24.3 Å². The molecule has 33 heavy (non-hydrogen) atoms. The molecule has 172 valence electrons. The Morgan fingerprint density at radius 2 is 1.76 bits per heavy atom. The Kier molecular flexibility index (Phi) is 5.75. The Labute approximate surface area is 197 Å². The number of non-ortho nitro benzene ring substituents is 1. The Morgan fingerprint density at radius 3 is 2.36 bits per heavy atom. The number of fused-ring (bicyclic) bond motifs is 1. The molecule has 0 unspecified atom stereocenters. The van der Waals surface area contributed by atoms with Gasteiger partial charge in [0.1, 0.15) is 11.4 Å². The van der Waals surface area contributed by atoms with Crippen molar-refractivity contribution in [2.45, 2.75) is 31.8 Å². The molecule has 0 bridgehead atoms. The summed E-state index contributed by atoms with van der Waals surface area (Å²) in [7, 11) is 0. The van der Waals surface area contributed by atoms with E-state index in [9.17, 15) is 29.8 Å². The van der Waals surface area contributed by atoms with Crippen molar-refractivity contribution in [2.75, 3.05) is 13.1 Å². The first-order valence-electron chi connectivity index (χ1n) is 9.95. The maximum Gasteiger partial charge on any atom is 0.279 e. The number of ether oxygens (including phenoxy) is 1. The van der Waals surface area contributed by atoms with E-state index in [1.807, 2.05) is 0 Å². The second kappa shape index (κ2) is 8.27. The van der Waals surface area contributed by atoms with Gasteiger partial charge < -0.3 is 9.64 Å². The van der Waals surface area contributed by atoms with Crippen LogP contribution in [0.1, 0.15) is 45.5 Å². The van der Waals surface area contributed by atoms with Gasteiger partial charge in [0, 0.05) is 42.6 Å². The quantitative estimate of drug-likeness (QED) is 0.444. The molecule has 2 aromatic rings. The molecule has 0 aliphatic carbocycles. The lowest BCUT2D eigenvalue weighted by atomic mass is 9.82. The first-order valence-corrected chi connectivity index (χ1v) is 10.7. The van der Waals surface area contributed by atoms with Gasteiger partial charge in [0.25, 0.3) is 17.3 Å². The first kappa shape index (κ1) is 22.9. The molecule has 2 aromatic carbocycles. The van der Waals surface area contributed by atoms with Gasteiger partial charge in [-0.3, -0.25) is 29.8 Å². The zero-order valence-corrected chi connectivity index (χ0v) is 18.8. The minimum absolute atomic E-state index is 0.0533. The molecule has 0 radical (unpaired) electrons. The van der Waals surface area contributed by atoms with Crippen LogP contribution in [0.3, 0.4) is 0 Å². The van der Waals surface area contributed by atoms with E-state index in [0.717, 1.165) is 12.1 Å². The van der Waals surface area contributed by atoms with Gasteiger partial charge >= 0.3 is 0 Å². The third-order valence-corrected chi connectivity index (χ3v) is 6.57. The molecule has 10 nitrogen and oxygen atoms in total. The SMILES string of the molecule is Cc1c(C(=O)N2CCC3(CC2)CC(=O)c2cc(Cl)cc(Cl)c2O3)cc([N+](=O)[O-])cc1[N+](=O)[O-]. The lowest BCUT2D eigenvalue weighted by Gasteiger charge is -2.44. The molecule has 2 aliphatic rings. The average molecular weight is 494 g/mol. The van der Waals surface area contributed by atoms with Gasteiger partial charge in [-0.05, 0) is 19.1 Å². The number of carbonyl (C=O) groups is 2. The smallest absolute Gasteiger partial charge is 0.279 e. The minimum Gasteiger partial charge on any atom is -0.484 e. The van der Waals surface area contributed by atoms with Crippen LogP contribution in [-0.2, 0) is 0 Å². The average Bonchev–Trinajstić information content (AvgIpc) is 2.74. The van der Waals surface area contributed by atoms with Crippen LogP contribution in [0.5, 0.6) is 5.75 Å². The summed E-state index contributed by atoms with van der Waals surface area (Å²) in [4.78, 5) is 48.3. The molecular formula is C21H17Cl2N3O7. The van der Waals surface area contributed by atoms with Crippen molar-refractivity contribution in [3.05, 3.63) is 71.2 Å². The van der Waals surface area contributed by atoms with Crippen molar-refractivity contribution < 1.29 is 24.2 Å². The highest BCUT2D eigenvalue weighted by molar-refractivity contribution is 6.36. The van der Waals surface area contributed by atoms with E-state index in [4.69, 9.17) is 27.9 Å². The third-order valence-electron chi connectivity index (χ3n) is 6.07. The Bertz CT molecular complexity index is 1220. The molecule has 1 spiro atoms. The fourth-order valence-corrected chi connectivity index (χ4v) is 4.81. The highest BCUT2D eigenvalue weighted by Crippen LogP contribution is 2.44. The zero-order valence-electron chi connectivity index (χ0n) is 17.3. The topological polar surface area (TPSA) is 133 Å². The number of hydrogen-bond acceptors (Lipinski definition) is 7. The number of halogens is 2. The first-order chi connectivity index (χ1) is 15.5. The minimum atomic E-state index is -0.845. The maximum atomic E-state index is 13.1. The van der Waals surface area contributed by atoms with E-state index in [0.29, 0.717) is 23.4 Å². The van der Waals surface area contributed by atoms with E-state index >= 15 is 0 Å². The number of Topliss-reactive ketones (excluding diaryl/α,β-unsaturated/α-hetero) is 1. The molecule has 4 rings (SSSR count). The lowest BCUT2D eigenvalue weighted by Crippen LogP contribution is -2.52. The Morgan fingerprint density at radius 1 is 1.09 bits per heavy atom. The summed E-state index contributed by atoms with van der Waals surface area (Å²) in [5.74, 6) is -0.450. The van der Waals surface area contributed by atoms with Crippen molar-refractivity contribution in [3.63, 3.8) is 0 Å². The number of benzene rings is 2. The van der Waals surface area contributed by atoms with E-state index in [2.05, 4.69) is 0 Å². The van der Waals surface area contributed by atoms with Crippen molar-refractivity contribution in [3.8, 4) is 5.75 Å². The second-order valence-corrected chi connectivity index (χ2v) is 8.94. The van der Waals surface area contributed by atoms with E-state index < -0.39 is 32.7 Å². The molecule has 0 aromatic heterocycles. The number of nitro groups is 2. The normalized spacial score (nSPS) is 16.8. The van der Waals surface area contributed by atoms with Crippen LogP contribution in [0, 0.1) is 27.2 Å². The number of hydrogen-bond donors (Lipinski definition) is 0. The summed E-state index contributed by atoms with van der Waals surface area (Å²) < 4.78 is 6.15. The predicted octanol–water partition coefficient (Wildman–Crippen LogP) is 4.76. The monoisotopic (exact) mass is 493 g/mol. The van der Waals surface area contributed by atoms with Crippen LogP contribution >= 0.6 is 23.2 Å². The molecule has 12 heteroatoms. The Balaban J connectivity index is 1.58. The van der Waals surface area contributed by atoms with Gasteiger partial charge in [-0.15, -0.1) is 0 Å². The van der Waals surface area contributed by atoms with Crippen molar-refractivity contribution in [1.29, 1.82) is 0 Å². The number of nitrogens with zero attached hydrogens (tertiary/aromatic N) is 3. The summed E-state index contributed by atoms with van der Waals surface area (Å²) in [6.45, 7) is 1.78. The van der Waals surface area contributed by atoms with E-state index in [1.165, 1.54) is 24.0 Å². The fourth-order valence-electron chi connectivity index (χ4n) is 4.28. The van der Waals surface area contributed by atoms with Crippen LogP contribution in [0.2, 0.25) is 10.0 Å². The summed E-state index contributed by atoms with van der Waals surface area (Å²) >= 11 is 12.2. The van der Waals surface area contributed by atoms with Gasteiger partial charge in [0.05, 0.1) is 38.5 Å². The number of ketones is 1. The van der Waals surface area contributed by atoms with E-state index in [1.54, 1.807) is 0 Å². The standard InChI is InChI=1S/C21H17Cl2N3O7/c1-11-14(8-13(25(29)30)9-17(11)26(31)32)20(28)24-4-2-21(3-5-24)10-18(27)15-6-12(22)7-16(23)19(15)33-21/h6-9H,2-5,10H2,1H3. The highest BCUT2D eigenvalue weighted by Gasteiger charge is 2.45. The van der Waals surface area contributed by atoms with Crippen LogP contribution in [-0.4, -0.2) is 45.1 Å². The van der Waals surface area contributed by atoms with Gasteiger partial charge in [0.15, 0.2) is 5.78 Å². The predicted molar refractivity (Wildman–Crippen MR) is 118 cm³/mol. The number of nitro benzene ring substituents is 2. The molecule has 2 aliphatic heterocycles. The van der Waals surface area contributed by atoms with Crippen molar-refractivity contribution in [1.82, 2.24) is 4.90 Å². The number of rotatable bonds is 3. The number of amides is 1.